The van der Waals surface area contributed by atoms with Crippen molar-refractivity contribution in [2.75, 3.05) is 0 Å². The Balaban J connectivity index is 2.22. The van der Waals surface area contributed by atoms with Crippen LogP contribution in [0.25, 0.3) is 0 Å². The van der Waals surface area contributed by atoms with E-state index in [-0.39, 0.29) is 5.38 Å². The summed E-state index contributed by atoms with van der Waals surface area (Å²) in [6.07, 6.45) is 0.628. The van der Waals surface area contributed by atoms with Crippen molar-refractivity contribution < 1.29 is 0 Å². The lowest BCUT2D eigenvalue weighted by atomic mass is 10.0. The summed E-state index contributed by atoms with van der Waals surface area (Å²) in [4.78, 5) is 0. The van der Waals surface area contributed by atoms with Gasteiger partial charge in [0.25, 0.3) is 0 Å². The maximum absolute atomic E-state index is 6.38. The van der Waals surface area contributed by atoms with Gasteiger partial charge >= 0.3 is 0 Å². The minimum absolute atomic E-state index is 0.227. The zero-order valence-electron chi connectivity index (χ0n) is 9.34. The second-order valence-corrected chi connectivity index (χ2v) is 5.71. The van der Waals surface area contributed by atoms with E-state index in [1.165, 1.54) is 0 Å². The summed E-state index contributed by atoms with van der Waals surface area (Å²) in [5, 5.41) is 1.67. The van der Waals surface area contributed by atoms with E-state index in [1.807, 2.05) is 30.3 Å². The fraction of sp³-hybridized carbons (Fsp3) is 0.143. The number of alkyl halides is 1. The lowest BCUT2D eigenvalue weighted by Crippen LogP contribution is -1.97. The molecule has 0 N–H and O–H groups in total. The molecular formula is C14H10Cl4. The van der Waals surface area contributed by atoms with Gasteiger partial charge in [-0.1, -0.05) is 59.1 Å². The Morgan fingerprint density at radius 1 is 0.889 bits per heavy atom. The zero-order valence-corrected chi connectivity index (χ0v) is 12.4. The summed E-state index contributed by atoms with van der Waals surface area (Å²) < 4.78 is 0. The lowest BCUT2D eigenvalue weighted by molar-refractivity contribution is 0.920. The van der Waals surface area contributed by atoms with Gasteiger partial charge in [0.1, 0.15) is 0 Å². The highest BCUT2D eigenvalue weighted by Gasteiger charge is 2.14. The molecule has 0 aliphatic heterocycles. The summed E-state index contributed by atoms with van der Waals surface area (Å²) in [5.41, 5.74) is 1.87. The van der Waals surface area contributed by atoms with Gasteiger partial charge in [-0.3, -0.25) is 0 Å². The number of benzene rings is 2. The average molecular weight is 320 g/mol. The molecule has 0 bridgehead atoms. The van der Waals surface area contributed by atoms with E-state index in [2.05, 4.69) is 0 Å². The predicted octanol–water partition coefficient (Wildman–Crippen LogP) is 6.17. The molecule has 1 unspecified atom stereocenters. The summed E-state index contributed by atoms with van der Waals surface area (Å²) >= 11 is 24.5. The normalized spacial score (nSPS) is 12.4. The van der Waals surface area contributed by atoms with E-state index in [0.717, 1.165) is 11.1 Å². The molecule has 18 heavy (non-hydrogen) atoms. The first kappa shape index (κ1) is 14.0. The minimum Gasteiger partial charge on any atom is -0.117 e. The van der Waals surface area contributed by atoms with Crippen LogP contribution in [0.4, 0.5) is 0 Å². The predicted molar refractivity (Wildman–Crippen MR) is 80.2 cm³/mol. The van der Waals surface area contributed by atoms with Crippen molar-refractivity contribution in [3.8, 4) is 0 Å². The highest BCUT2D eigenvalue weighted by atomic mass is 35.5. The van der Waals surface area contributed by atoms with E-state index in [9.17, 15) is 0 Å². The lowest BCUT2D eigenvalue weighted by Gasteiger charge is -2.13. The molecule has 94 valence electrons. The van der Waals surface area contributed by atoms with Gasteiger partial charge < -0.3 is 0 Å². The third-order valence-corrected chi connectivity index (χ3v) is 3.98. The first-order valence-corrected chi connectivity index (χ1v) is 6.97. The van der Waals surface area contributed by atoms with Gasteiger partial charge in [-0.2, -0.15) is 0 Å². The SMILES string of the molecule is Clc1ccc(C(Cl)Cc2ccccc2Cl)c(Cl)c1. The fourth-order valence-electron chi connectivity index (χ4n) is 1.72. The Kier molecular flexibility index (Phi) is 4.80. The largest absolute Gasteiger partial charge is 0.117 e. The van der Waals surface area contributed by atoms with Crippen LogP contribution in [-0.2, 0) is 6.42 Å². The van der Waals surface area contributed by atoms with Gasteiger partial charge in [0.05, 0.1) is 5.38 Å². The van der Waals surface area contributed by atoms with Gasteiger partial charge in [-0.05, 0) is 35.7 Å². The zero-order chi connectivity index (χ0) is 13.1. The molecule has 2 rings (SSSR count). The third kappa shape index (κ3) is 3.33. The molecule has 0 saturated carbocycles. The summed E-state index contributed by atoms with van der Waals surface area (Å²) in [7, 11) is 0. The van der Waals surface area contributed by atoms with Gasteiger partial charge in [-0.15, -0.1) is 11.6 Å². The molecule has 0 aliphatic carbocycles. The van der Waals surface area contributed by atoms with E-state index in [4.69, 9.17) is 46.4 Å². The van der Waals surface area contributed by atoms with Crippen LogP contribution in [0.1, 0.15) is 16.5 Å². The van der Waals surface area contributed by atoms with Crippen LogP contribution in [0.3, 0.4) is 0 Å². The van der Waals surface area contributed by atoms with Crippen LogP contribution in [0.2, 0.25) is 15.1 Å². The Bertz CT molecular complexity index is 551. The van der Waals surface area contributed by atoms with Gasteiger partial charge in [-0.25, -0.2) is 0 Å². The molecule has 2 aromatic rings. The van der Waals surface area contributed by atoms with Crippen molar-refractivity contribution in [3.63, 3.8) is 0 Å². The monoisotopic (exact) mass is 318 g/mol. The quantitative estimate of drug-likeness (QED) is 0.593. The van der Waals surface area contributed by atoms with Crippen LogP contribution in [0.15, 0.2) is 42.5 Å². The summed E-state index contributed by atoms with van der Waals surface area (Å²) in [6.45, 7) is 0. The summed E-state index contributed by atoms with van der Waals surface area (Å²) in [5.74, 6) is 0. The molecule has 0 aliphatic rings. The number of hydrogen-bond acceptors (Lipinski definition) is 0. The molecule has 4 heteroatoms. The van der Waals surface area contributed by atoms with E-state index >= 15 is 0 Å². The average Bonchev–Trinajstić information content (AvgIpc) is 2.32. The molecule has 0 amide bonds. The van der Waals surface area contributed by atoms with Crippen LogP contribution < -0.4 is 0 Å². The van der Waals surface area contributed by atoms with Crippen LogP contribution in [0.5, 0.6) is 0 Å². The molecule has 2 aromatic carbocycles. The molecule has 0 aromatic heterocycles. The molecule has 0 fully saturated rings. The molecule has 0 saturated heterocycles. The fourth-order valence-corrected chi connectivity index (χ4v) is 2.89. The topological polar surface area (TPSA) is 0 Å². The Morgan fingerprint density at radius 3 is 2.28 bits per heavy atom. The Morgan fingerprint density at radius 2 is 1.61 bits per heavy atom. The smallest absolute Gasteiger partial charge is 0.0640 e. The minimum atomic E-state index is -0.227. The molecule has 0 nitrogen and oxygen atoms in total. The highest BCUT2D eigenvalue weighted by molar-refractivity contribution is 6.36. The van der Waals surface area contributed by atoms with E-state index in [0.29, 0.717) is 21.5 Å². The van der Waals surface area contributed by atoms with Crippen molar-refractivity contribution in [3.05, 3.63) is 68.7 Å². The van der Waals surface area contributed by atoms with E-state index < -0.39 is 0 Å². The van der Waals surface area contributed by atoms with Crippen LogP contribution in [0, 0.1) is 0 Å². The maximum Gasteiger partial charge on any atom is 0.0640 e. The van der Waals surface area contributed by atoms with Gasteiger partial charge in [0.15, 0.2) is 0 Å². The standard InChI is InChI=1S/C14H10Cl4/c15-10-5-6-11(14(18)8-10)13(17)7-9-3-1-2-4-12(9)16/h1-6,8,13H,7H2. The van der Waals surface area contributed by atoms with Gasteiger partial charge in [0.2, 0.25) is 0 Å². The van der Waals surface area contributed by atoms with Crippen LogP contribution >= 0.6 is 46.4 Å². The highest BCUT2D eigenvalue weighted by Crippen LogP contribution is 2.33. The van der Waals surface area contributed by atoms with Crippen molar-refractivity contribution in [2.45, 2.75) is 11.8 Å². The second kappa shape index (κ2) is 6.16. The molecule has 0 spiro atoms. The van der Waals surface area contributed by atoms with E-state index in [1.54, 1.807) is 12.1 Å². The number of hydrogen-bond donors (Lipinski definition) is 0. The van der Waals surface area contributed by atoms with Crippen molar-refractivity contribution in [1.29, 1.82) is 0 Å². The van der Waals surface area contributed by atoms with Gasteiger partial charge in [0, 0.05) is 15.1 Å². The molecule has 1 atom stereocenters. The second-order valence-electron chi connectivity index (χ2n) is 3.93. The Hall–Kier alpha value is -0.400. The maximum atomic E-state index is 6.38. The van der Waals surface area contributed by atoms with Crippen molar-refractivity contribution >= 4 is 46.4 Å². The number of rotatable bonds is 3. The third-order valence-electron chi connectivity index (χ3n) is 2.66. The summed E-state index contributed by atoms with van der Waals surface area (Å²) in [6, 6.07) is 13.0. The van der Waals surface area contributed by atoms with Crippen molar-refractivity contribution in [1.82, 2.24) is 0 Å². The number of halogens is 4. The molecular weight excluding hydrogens is 310 g/mol. The first-order chi connectivity index (χ1) is 8.58. The molecule has 0 radical (unpaired) electrons. The first-order valence-electron chi connectivity index (χ1n) is 5.40. The van der Waals surface area contributed by atoms with Crippen LogP contribution in [-0.4, -0.2) is 0 Å². The van der Waals surface area contributed by atoms with Crippen molar-refractivity contribution in [2.24, 2.45) is 0 Å². The molecule has 0 heterocycles. The Labute approximate surface area is 126 Å².